The van der Waals surface area contributed by atoms with Crippen molar-refractivity contribution >= 4 is 5.91 Å². The highest BCUT2D eigenvalue weighted by atomic mass is 16.2. The zero-order chi connectivity index (χ0) is 20.3. The summed E-state index contributed by atoms with van der Waals surface area (Å²) in [7, 11) is 0. The summed E-state index contributed by atoms with van der Waals surface area (Å²) < 4.78 is 4.12. The fourth-order valence-corrected chi connectivity index (χ4v) is 2.75. The van der Waals surface area contributed by atoms with Crippen LogP contribution in [-0.2, 0) is 17.9 Å². The number of hydrogen-bond donors (Lipinski definition) is 1. The second-order valence-electron chi connectivity index (χ2n) is 6.45. The van der Waals surface area contributed by atoms with Crippen molar-refractivity contribution in [1.29, 1.82) is 0 Å². The van der Waals surface area contributed by atoms with Gasteiger partial charge in [-0.15, -0.1) is 5.10 Å². The maximum Gasteiger partial charge on any atom is 0.267 e. The third-order valence-corrected chi connectivity index (χ3v) is 4.12. The maximum atomic E-state index is 12.2. The van der Waals surface area contributed by atoms with E-state index in [0.29, 0.717) is 11.4 Å². The van der Waals surface area contributed by atoms with Crippen LogP contribution in [0, 0.1) is 20.8 Å². The van der Waals surface area contributed by atoms with Gasteiger partial charge in [-0.05, 0) is 32.9 Å². The zero-order valence-electron chi connectivity index (χ0n) is 15.9. The lowest BCUT2D eigenvalue weighted by atomic mass is 10.4. The number of rotatable bonds is 6. The van der Waals surface area contributed by atoms with Crippen molar-refractivity contribution in [3.8, 4) is 5.82 Å². The predicted octanol–water partition coefficient (Wildman–Crippen LogP) is -0.273. The van der Waals surface area contributed by atoms with E-state index in [2.05, 4.69) is 20.5 Å². The van der Waals surface area contributed by atoms with Crippen LogP contribution < -0.4 is 16.4 Å². The molecule has 28 heavy (non-hydrogen) atoms. The normalized spacial score (nSPS) is 10.8. The van der Waals surface area contributed by atoms with Crippen LogP contribution in [0.15, 0.2) is 40.3 Å². The van der Waals surface area contributed by atoms with Crippen molar-refractivity contribution in [2.75, 3.05) is 6.54 Å². The van der Waals surface area contributed by atoms with E-state index < -0.39 is 0 Å². The average molecular weight is 383 g/mol. The highest BCUT2D eigenvalue weighted by Gasteiger charge is 2.10. The number of carbonyl (C=O) groups excluding carboxylic acids is 1. The Bertz CT molecular complexity index is 1130. The average Bonchev–Trinajstić information content (AvgIpc) is 2.99. The summed E-state index contributed by atoms with van der Waals surface area (Å²) in [5.74, 6) is 0.0733. The van der Waals surface area contributed by atoms with E-state index in [4.69, 9.17) is 0 Å². The second kappa shape index (κ2) is 7.99. The van der Waals surface area contributed by atoms with Crippen molar-refractivity contribution in [3.63, 3.8) is 0 Å². The van der Waals surface area contributed by atoms with Crippen molar-refractivity contribution in [1.82, 2.24) is 34.4 Å². The molecule has 0 aliphatic heterocycles. The molecule has 10 nitrogen and oxygen atoms in total. The van der Waals surface area contributed by atoms with Gasteiger partial charge in [0.25, 0.3) is 11.1 Å². The standard InChI is InChI=1S/C18H21N7O3/c1-12-9-19-11-23(18(12)28)7-6-20-16(26)10-24-17(27)5-4-15(22-24)25-14(3)8-13(2)21-25/h4-5,8-9,11H,6-7,10H2,1-3H3,(H,20,26). The van der Waals surface area contributed by atoms with Gasteiger partial charge in [0.2, 0.25) is 5.91 Å². The van der Waals surface area contributed by atoms with Gasteiger partial charge in [-0.3, -0.25) is 19.0 Å². The van der Waals surface area contributed by atoms with Crippen LogP contribution in [-0.4, -0.2) is 41.6 Å². The first-order chi connectivity index (χ1) is 13.3. The van der Waals surface area contributed by atoms with Gasteiger partial charge < -0.3 is 5.32 Å². The topological polar surface area (TPSA) is 117 Å². The molecule has 0 saturated carbocycles. The van der Waals surface area contributed by atoms with Crippen LogP contribution in [0.25, 0.3) is 5.82 Å². The molecule has 0 bridgehead atoms. The fraction of sp³-hybridized carbons (Fsp3) is 0.333. The summed E-state index contributed by atoms with van der Waals surface area (Å²) in [6, 6.07) is 4.81. The molecule has 0 radical (unpaired) electrons. The summed E-state index contributed by atoms with van der Waals surface area (Å²) in [5.41, 5.74) is 1.69. The van der Waals surface area contributed by atoms with Crippen molar-refractivity contribution in [3.05, 3.63) is 68.4 Å². The van der Waals surface area contributed by atoms with E-state index in [-0.39, 0.29) is 36.7 Å². The Kier molecular flexibility index (Phi) is 5.48. The third kappa shape index (κ3) is 4.22. The Balaban J connectivity index is 1.66. The van der Waals surface area contributed by atoms with Crippen LogP contribution in [0.2, 0.25) is 0 Å². The first-order valence-corrected chi connectivity index (χ1v) is 8.74. The Labute approximate surface area is 160 Å². The lowest BCUT2D eigenvalue weighted by Crippen LogP contribution is -2.36. The molecule has 0 atom stereocenters. The number of amides is 1. The quantitative estimate of drug-likeness (QED) is 0.626. The van der Waals surface area contributed by atoms with Crippen molar-refractivity contribution in [2.24, 2.45) is 0 Å². The minimum absolute atomic E-state index is 0.153. The fourth-order valence-electron chi connectivity index (χ4n) is 2.75. The molecule has 146 valence electrons. The summed E-state index contributed by atoms with van der Waals surface area (Å²) in [4.78, 5) is 40.1. The van der Waals surface area contributed by atoms with Gasteiger partial charge in [0.1, 0.15) is 6.54 Å². The third-order valence-electron chi connectivity index (χ3n) is 4.12. The van der Waals surface area contributed by atoms with E-state index in [1.165, 1.54) is 23.2 Å². The Morgan fingerprint density at radius 1 is 1.14 bits per heavy atom. The molecule has 3 aromatic rings. The highest BCUT2D eigenvalue weighted by molar-refractivity contribution is 5.75. The van der Waals surface area contributed by atoms with E-state index in [1.54, 1.807) is 17.7 Å². The number of aromatic nitrogens is 6. The number of hydrogen-bond acceptors (Lipinski definition) is 6. The number of nitrogens with one attached hydrogen (secondary N) is 1. The molecule has 0 fully saturated rings. The molecule has 0 saturated heterocycles. The van der Waals surface area contributed by atoms with Crippen LogP contribution in [0.1, 0.15) is 17.0 Å². The van der Waals surface area contributed by atoms with Crippen LogP contribution >= 0.6 is 0 Å². The van der Waals surface area contributed by atoms with E-state index >= 15 is 0 Å². The first kappa shape index (κ1) is 19.2. The Morgan fingerprint density at radius 3 is 2.64 bits per heavy atom. The number of nitrogens with zero attached hydrogens (tertiary/aromatic N) is 6. The molecule has 0 aliphatic rings. The second-order valence-corrected chi connectivity index (χ2v) is 6.45. The molecule has 0 spiro atoms. The monoisotopic (exact) mass is 383 g/mol. The minimum atomic E-state index is -0.389. The van der Waals surface area contributed by atoms with Gasteiger partial charge in [0.05, 0.1) is 12.0 Å². The van der Waals surface area contributed by atoms with Gasteiger partial charge in [-0.2, -0.15) is 5.10 Å². The van der Waals surface area contributed by atoms with Crippen LogP contribution in [0.5, 0.6) is 0 Å². The molecule has 1 N–H and O–H groups in total. The summed E-state index contributed by atoms with van der Waals surface area (Å²) in [5, 5.41) is 11.2. The van der Waals surface area contributed by atoms with Crippen LogP contribution in [0.3, 0.4) is 0 Å². The van der Waals surface area contributed by atoms with Gasteiger partial charge >= 0.3 is 0 Å². The van der Waals surface area contributed by atoms with Gasteiger partial charge in [-0.1, -0.05) is 0 Å². The minimum Gasteiger partial charge on any atom is -0.353 e. The Hall–Kier alpha value is -3.56. The molecular weight excluding hydrogens is 362 g/mol. The molecule has 0 aromatic carbocycles. The smallest absolute Gasteiger partial charge is 0.267 e. The van der Waals surface area contributed by atoms with Gasteiger partial charge in [-0.25, -0.2) is 14.3 Å². The number of carbonyl (C=O) groups is 1. The number of aryl methyl sites for hydroxylation is 3. The zero-order valence-corrected chi connectivity index (χ0v) is 15.9. The van der Waals surface area contributed by atoms with Crippen LogP contribution in [0.4, 0.5) is 0 Å². The summed E-state index contributed by atoms with van der Waals surface area (Å²) >= 11 is 0. The molecule has 3 rings (SSSR count). The van der Waals surface area contributed by atoms with Crippen molar-refractivity contribution < 1.29 is 4.79 Å². The highest BCUT2D eigenvalue weighted by Crippen LogP contribution is 2.07. The van der Waals surface area contributed by atoms with E-state index in [0.717, 1.165) is 16.1 Å². The van der Waals surface area contributed by atoms with Gasteiger partial charge in [0, 0.05) is 36.6 Å². The molecule has 10 heteroatoms. The molecule has 0 unspecified atom stereocenters. The predicted molar refractivity (Wildman–Crippen MR) is 101 cm³/mol. The molecule has 1 amide bonds. The van der Waals surface area contributed by atoms with Gasteiger partial charge in [0.15, 0.2) is 5.82 Å². The first-order valence-electron chi connectivity index (χ1n) is 8.74. The maximum absolute atomic E-state index is 12.2. The Morgan fingerprint density at radius 2 is 1.93 bits per heavy atom. The van der Waals surface area contributed by atoms with E-state index in [1.807, 2.05) is 19.9 Å². The molecular formula is C18H21N7O3. The molecule has 0 aliphatic carbocycles. The van der Waals surface area contributed by atoms with Crippen molar-refractivity contribution in [2.45, 2.75) is 33.9 Å². The lowest BCUT2D eigenvalue weighted by Gasteiger charge is -2.10. The lowest BCUT2D eigenvalue weighted by molar-refractivity contribution is -0.121. The summed E-state index contributed by atoms with van der Waals surface area (Å²) in [6.45, 7) is 5.71. The summed E-state index contributed by atoms with van der Waals surface area (Å²) in [6.07, 6.45) is 2.91. The van der Waals surface area contributed by atoms with E-state index in [9.17, 15) is 14.4 Å². The molecule has 3 aromatic heterocycles. The SMILES string of the molecule is Cc1cc(C)n(-c2ccc(=O)n(CC(=O)NCCn3cncc(C)c3=O)n2)n1. The largest absolute Gasteiger partial charge is 0.353 e. The molecule has 3 heterocycles.